The average molecular weight is 243 g/mol. The van der Waals surface area contributed by atoms with E-state index in [4.69, 9.17) is 17.3 Å². The Balaban J connectivity index is 2.59. The number of nitrogens with one attached hydrogen (secondary N) is 1. The Morgan fingerprint density at radius 1 is 1.50 bits per heavy atom. The SMILES string of the molecule is CCC(C)NCC(O)c1ccc(Cl)c(N)c1. The summed E-state index contributed by atoms with van der Waals surface area (Å²) < 4.78 is 0. The summed E-state index contributed by atoms with van der Waals surface area (Å²) >= 11 is 5.81. The smallest absolute Gasteiger partial charge is 0.0915 e. The van der Waals surface area contributed by atoms with Gasteiger partial charge in [0.1, 0.15) is 0 Å². The predicted molar refractivity (Wildman–Crippen MR) is 68.6 cm³/mol. The Hall–Kier alpha value is -0.770. The number of rotatable bonds is 5. The van der Waals surface area contributed by atoms with Gasteiger partial charge in [0.2, 0.25) is 0 Å². The zero-order valence-electron chi connectivity index (χ0n) is 9.70. The van der Waals surface area contributed by atoms with Crippen molar-refractivity contribution in [3.8, 4) is 0 Å². The minimum atomic E-state index is -0.548. The summed E-state index contributed by atoms with van der Waals surface area (Å²) in [5.41, 5.74) is 6.97. The Bertz CT molecular complexity index is 344. The molecule has 90 valence electrons. The maximum absolute atomic E-state index is 9.92. The molecule has 1 aromatic carbocycles. The first-order valence-corrected chi connectivity index (χ1v) is 5.88. The number of hydrogen-bond acceptors (Lipinski definition) is 3. The molecule has 0 aliphatic carbocycles. The highest BCUT2D eigenvalue weighted by molar-refractivity contribution is 6.33. The third-order valence-electron chi connectivity index (χ3n) is 2.68. The van der Waals surface area contributed by atoms with Gasteiger partial charge in [-0.15, -0.1) is 0 Å². The summed E-state index contributed by atoms with van der Waals surface area (Å²) in [6.45, 7) is 4.71. The van der Waals surface area contributed by atoms with Crippen molar-refractivity contribution < 1.29 is 5.11 Å². The predicted octanol–water partition coefficient (Wildman–Crippen LogP) is 2.34. The molecule has 0 saturated heterocycles. The van der Waals surface area contributed by atoms with E-state index in [1.807, 2.05) is 0 Å². The second-order valence-corrected chi connectivity index (χ2v) is 4.42. The normalized spacial score (nSPS) is 14.8. The summed E-state index contributed by atoms with van der Waals surface area (Å²) in [4.78, 5) is 0. The second-order valence-electron chi connectivity index (χ2n) is 4.01. The van der Waals surface area contributed by atoms with Crippen LogP contribution in [0.3, 0.4) is 0 Å². The second kappa shape index (κ2) is 6.09. The Labute approximate surface area is 102 Å². The van der Waals surface area contributed by atoms with E-state index in [2.05, 4.69) is 19.2 Å². The Morgan fingerprint density at radius 2 is 2.19 bits per heavy atom. The van der Waals surface area contributed by atoms with E-state index >= 15 is 0 Å². The van der Waals surface area contributed by atoms with Crippen LogP contribution in [0.5, 0.6) is 0 Å². The van der Waals surface area contributed by atoms with Crippen molar-refractivity contribution in [2.45, 2.75) is 32.4 Å². The van der Waals surface area contributed by atoms with Gasteiger partial charge >= 0.3 is 0 Å². The number of nitrogen functional groups attached to an aromatic ring is 1. The molecule has 0 aromatic heterocycles. The van der Waals surface area contributed by atoms with Crippen LogP contribution in [0.4, 0.5) is 5.69 Å². The third-order valence-corrected chi connectivity index (χ3v) is 3.02. The molecular weight excluding hydrogens is 224 g/mol. The summed E-state index contributed by atoms with van der Waals surface area (Å²) in [6, 6.07) is 5.62. The van der Waals surface area contributed by atoms with E-state index < -0.39 is 6.10 Å². The van der Waals surface area contributed by atoms with Crippen LogP contribution < -0.4 is 11.1 Å². The quantitative estimate of drug-likeness (QED) is 0.695. The molecule has 0 heterocycles. The maximum atomic E-state index is 9.92. The fourth-order valence-corrected chi connectivity index (χ4v) is 1.46. The topological polar surface area (TPSA) is 58.3 Å². The van der Waals surface area contributed by atoms with Crippen LogP contribution in [0, 0.1) is 0 Å². The van der Waals surface area contributed by atoms with Gasteiger partial charge < -0.3 is 16.2 Å². The zero-order valence-corrected chi connectivity index (χ0v) is 10.5. The largest absolute Gasteiger partial charge is 0.398 e. The van der Waals surface area contributed by atoms with Gasteiger partial charge in [-0.1, -0.05) is 24.6 Å². The van der Waals surface area contributed by atoms with E-state index in [-0.39, 0.29) is 0 Å². The summed E-state index contributed by atoms with van der Waals surface area (Å²) in [6.07, 6.45) is 0.490. The molecule has 0 spiro atoms. The molecule has 1 aromatic rings. The van der Waals surface area contributed by atoms with Crippen LogP contribution in [0.15, 0.2) is 18.2 Å². The number of hydrogen-bond donors (Lipinski definition) is 3. The highest BCUT2D eigenvalue weighted by atomic mass is 35.5. The van der Waals surface area contributed by atoms with E-state index in [9.17, 15) is 5.11 Å². The molecule has 0 radical (unpaired) electrons. The van der Waals surface area contributed by atoms with E-state index in [0.29, 0.717) is 23.3 Å². The van der Waals surface area contributed by atoms with Gasteiger partial charge in [0.15, 0.2) is 0 Å². The Morgan fingerprint density at radius 3 is 2.75 bits per heavy atom. The van der Waals surface area contributed by atoms with Crippen LogP contribution in [-0.2, 0) is 0 Å². The minimum Gasteiger partial charge on any atom is -0.398 e. The number of nitrogens with two attached hydrogens (primary N) is 1. The fraction of sp³-hybridized carbons (Fsp3) is 0.500. The van der Waals surface area contributed by atoms with Gasteiger partial charge in [0, 0.05) is 12.6 Å². The van der Waals surface area contributed by atoms with Crippen LogP contribution >= 0.6 is 11.6 Å². The van der Waals surface area contributed by atoms with Crippen molar-refractivity contribution in [1.29, 1.82) is 0 Å². The summed E-state index contributed by atoms with van der Waals surface area (Å²) in [5, 5.41) is 13.7. The molecule has 4 N–H and O–H groups in total. The van der Waals surface area contributed by atoms with Crippen molar-refractivity contribution >= 4 is 17.3 Å². The van der Waals surface area contributed by atoms with E-state index in [0.717, 1.165) is 12.0 Å². The lowest BCUT2D eigenvalue weighted by Crippen LogP contribution is -2.29. The monoisotopic (exact) mass is 242 g/mol. The standard InChI is InChI=1S/C12H19ClN2O/c1-3-8(2)15-7-12(16)9-4-5-10(13)11(14)6-9/h4-6,8,12,15-16H,3,7,14H2,1-2H3. The van der Waals surface area contributed by atoms with Gasteiger partial charge in [0.05, 0.1) is 16.8 Å². The average Bonchev–Trinajstić information content (AvgIpc) is 2.29. The van der Waals surface area contributed by atoms with Gasteiger partial charge in [0.25, 0.3) is 0 Å². The molecule has 2 atom stereocenters. The first kappa shape index (κ1) is 13.3. The van der Waals surface area contributed by atoms with Gasteiger partial charge in [-0.05, 0) is 31.0 Å². The number of benzene rings is 1. The van der Waals surface area contributed by atoms with Crippen molar-refractivity contribution in [3.63, 3.8) is 0 Å². The van der Waals surface area contributed by atoms with Crippen LogP contribution in [0.1, 0.15) is 31.9 Å². The molecule has 0 fully saturated rings. The number of halogens is 1. The Kier molecular flexibility index (Phi) is 5.06. The van der Waals surface area contributed by atoms with Crippen LogP contribution in [0.25, 0.3) is 0 Å². The molecule has 4 heteroatoms. The lowest BCUT2D eigenvalue weighted by Gasteiger charge is -2.16. The van der Waals surface area contributed by atoms with E-state index in [1.54, 1.807) is 18.2 Å². The molecule has 3 nitrogen and oxygen atoms in total. The minimum absolute atomic E-state index is 0.402. The molecule has 0 aliphatic heterocycles. The molecule has 16 heavy (non-hydrogen) atoms. The molecular formula is C12H19ClN2O. The molecule has 2 unspecified atom stereocenters. The lowest BCUT2D eigenvalue weighted by atomic mass is 10.1. The molecule has 0 aliphatic rings. The van der Waals surface area contributed by atoms with Gasteiger partial charge in [-0.2, -0.15) is 0 Å². The number of aliphatic hydroxyl groups is 1. The first-order valence-electron chi connectivity index (χ1n) is 5.51. The van der Waals surface area contributed by atoms with Crippen molar-refractivity contribution in [2.75, 3.05) is 12.3 Å². The van der Waals surface area contributed by atoms with Crippen LogP contribution in [-0.4, -0.2) is 17.7 Å². The molecule has 0 saturated carbocycles. The van der Waals surface area contributed by atoms with Crippen molar-refractivity contribution in [1.82, 2.24) is 5.32 Å². The third kappa shape index (κ3) is 3.67. The van der Waals surface area contributed by atoms with Crippen molar-refractivity contribution in [2.24, 2.45) is 0 Å². The van der Waals surface area contributed by atoms with Crippen LogP contribution in [0.2, 0.25) is 5.02 Å². The number of aliphatic hydroxyl groups excluding tert-OH is 1. The molecule has 1 rings (SSSR count). The molecule has 0 bridgehead atoms. The highest BCUT2D eigenvalue weighted by Gasteiger charge is 2.09. The number of anilines is 1. The zero-order chi connectivity index (χ0) is 12.1. The highest BCUT2D eigenvalue weighted by Crippen LogP contribution is 2.23. The maximum Gasteiger partial charge on any atom is 0.0915 e. The first-order chi connectivity index (χ1) is 7.54. The van der Waals surface area contributed by atoms with Gasteiger partial charge in [-0.25, -0.2) is 0 Å². The van der Waals surface area contributed by atoms with Crippen molar-refractivity contribution in [3.05, 3.63) is 28.8 Å². The summed E-state index contributed by atoms with van der Waals surface area (Å²) in [7, 11) is 0. The summed E-state index contributed by atoms with van der Waals surface area (Å²) in [5.74, 6) is 0. The molecule has 0 amide bonds. The lowest BCUT2D eigenvalue weighted by molar-refractivity contribution is 0.170. The van der Waals surface area contributed by atoms with Gasteiger partial charge in [-0.3, -0.25) is 0 Å². The van der Waals surface area contributed by atoms with E-state index in [1.165, 1.54) is 0 Å². The fourth-order valence-electron chi connectivity index (χ4n) is 1.34.